The maximum Gasteiger partial charge on any atom is 0.407 e. The molecule has 94 valence electrons. The molecule has 0 unspecified atom stereocenters. The van der Waals surface area contributed by atoms with Crippen LogP contribution in [0.4, 0.5) is 4.79 Å². The van der Waals surface area contributed by atoms with E-state index in [1.807, 2.05) is 20.8 Å². The van der Waals surface area contributed by atoms with Crippen molar-refractivity contribution in [1.29, 1.82) is 0 Å². The maximum atomic E-state index is 11.4. The van der Waals surface area contributed by atoms with Crippen LogP contribution in [0.5, 0.6) is 0 Å². The van der Waals surface area contributed by atoms with E-state index in [2.05, 4.69) is 22.2 Å². The number of carbonyl (C=O) groups is 1. The molecule has 1 aromatic rings. The highest BCUT2D eigenvalue weighted by molar-refractivity contribution is 5.67. The predicted octanol–water partition coefficient (Wildman–Crippen LogP) is 1.49. The topological polar surface area (TPSA) is 69.0 Å². The highest BCUT2D eigenvalue weighted by atomic mass is 16.6. The van der Waals surface area contributed by atoms with Gasteiger partial charge in [0, 0.05) is 0 Å². The molecular formula is C11H18N4O2. The van der Waals surface area contributed by atoms with Gasteiger partial charge in [-0.25, -0.2) is 9.48 Å². The van der Waals surface area contributed by atoms with E-state index in [0.29, 0.717) is 18.8 Å². The molecular weight excluding hydrogens is 220 g/mol. The van der Waals surface area contributed by atoms with Crippen LogP contribution in [0, 0.1) is 0 Å². The molecule has 0 saturated heterocycles. The summed E-state index contributed by atoms with van der Waals surface area (Å²) in [4.78, 5) is 11.4. The van der Waals surface area contributed by atoms with E-state index in [1.54, 1.807) is 17.0 Å². The first kappa shape index (κ1) is 13.2. The lowest BCUT2D eigenvalue weighted by Crippen LogP contribution is -2.32. The minimum atomic E-state index is -0.496. The summed E-state index contributed by atoms with van der Waals surface area (Å²) >= 11 is 0. The average molecular weight is 238 g/mol. The summed E-state index contributed by atoms with van der Waals surface area (Å²) < 4.78 is 6.73. The van der Waals surface area contributed by atoms with Crippen molar-refractivity contribution in [3.63, 3.8) is 0 Å². The molecule has 0 aromatic carbocycles. The molecule has 0 fully saturated rings. The van der Waals surface area contributed by atoms with Crippen LogP contribution in [0.25, 0.3) is 0 Å². The normalized spacial score (nSPS) is 11.0. The quantitative estimate of drug-likeness (QED) is 0.807. The number of carbonyl (C=O) groups excluding carboxylic acids is 1. The monoisotopic (exact) mass is 238 g/mol. The van der Waals surface area contributed by atoms with E-state index in [-0.39, 0.29) is 0 Å². The Bertz CT molecular complexity index is 392. The van der Waals surface area contributed by atoms with Crippen LogP contribution in [-0.4, -0.2) is 26.7 Å². The number of hydrogen-bond acceptors (Lipinski definition) is 4. The van der Waals surface area contributed by atoms with Crippen molar-refractivity contribution in [1.82, 2.24) is 20.3 Å². The second-order valence-electron chi connectivity index (χ2n) is 4.58. The molecule has 0 aliphatic carbocycles. The zero-order valence-corrected chi connectivity index (χ0v) is 10.4. The lowest BCUT2D eigenvalue weighted by atomic mass is 10.2. The Morgan fingerprint density at radius 3 is 2.94 bits per heavy atom. The molecule has 1 amide bonds. The van der Waals surface area contributed by atoms with E-state index in [0.717, 1.165) is 0 Å². The summed E-state index contributed by atoms with van der Waals surface area (Å²) in [5, 5.41) is 10.4. The van der Waals surface area contributed by atoms with Crippen molar-refractivity contribution >= 4 is 6.09 Å². The van der Waals surface area contributed by atoms with Gasteiger partial charge in [-0.1, -0.05) is 11.3 Å². The SMILES string of the molecule is C=CCn1cc(CNC(=O)OC(C)(C)C)nn1. The van der Waals surface area contributed by atoms with Gasteiger partial charge in [0.1, 0.15) is 11.3 Å². The van der Waals surface area contributed by atoms with E-state index in [9.17, 15) is 4.79 Å². The molecule has 0 bridgehead atoms. The third-order valence-electron chi connectivity index (χ3n) is 1.71. The highest BCUT2D eigenvalue weighted by Crippen LogP contribution is 2.06. The first-order valence-corrected chi connectivity index (χ1v) is 5.37. The van der Waals surface area contributed by atoms with Crippen molar-refractivity contribution < 1.29 is 9.53 Å². The molecule has 0 aliphatic rings. The number of ether oxygens (including phenoxy) is 1. The van der Waals surface area contributed by atoms with E-state index >= 15 is 0 Å². The van der Waals surface area contributed by atoms with Crippen LogP contribution >= 0.6 is 0 Å². The largest absolute Gasteiger partial charge is 0.444 e. The van der Waals surface area contributed by atoms with Crippen molar-refractivity contribution in [3.8, 4) is 0 Å². The molecule has 17 heavy (non-hydrogen) atoms. The smallest absolute Gasteiger partial charge is 0.407 e. The van der Waals surface area contributed by atoms with E-state index < -0.39 is 11.7 Å². The van der Waals surface area contributed by atoms with Crippen molar-refractivity contribution in [2.75, 3.05) is 0 Å². The third kappa shape index (κ3) is 5.14. The summed E-state index contributed by atoms with van der Waals surface area (Å²) in [6.45, 7) is 9.93. The van der Waals surface area contributed by atoms with Gasteiger partial charge in [0.05, 0.1) is 19.3 Å². The summed E-state index contributed by atoms with van der Waals surface area (Å²) in [6, 6.07) is 0. The fraction of sp³-hybridized carbons (Fsp3) is 0.545. The average Bonchev–Trinajstić information content (AvgIpc) is 2.61. The van der Waals surface area contributed by atoms with Crippen LogP contribution in [0.15, 0.2) is 18.9 Å². The predicted molar refractivity (Wildman–Crippen MR) is 63.3 cm³/mol. The zero-order chi connectivity index (χ0) is 12.9. The minimum absolute atomic E-state index is 0.298. The van der Waals surface area contributed by atoms with Crippen molar-refractivity contribution in [3.05, 3.63) is 24.5 Å². The molecule has 1 heterocycles. The molecule has 6 heteroatoms. The second kappa shape index (κ2) is 5.47. The molecule has 0 spiro atoms. The lowest BCUT2D eigenvalue weighted by Gasteiger charge is -2.19. The Morgan fingerprint density at radius 2 is 2.35 bits per heavy atom. The lowest BCUT2D eigenvalue weighted by molar-refractivity contribution is 0.0523. The Kier molecular flexibility index (Phi) is 4.25. The van der Waals surface area contributed by atoms with Gasteiger partial charge in [0.2, 0.25) is 0 Å². The van der Waals surface area contributed by atoms with Gasteiger partial charge in [-0.15, -0.1) is 11.7 Å². The minimum Gasteiger partial charge on any atom is -0.444 e. The molecule has 0 radical (unpaired) electrons. The Labute approximate surface area is 101 Å². The molecule has 0 atom stereocenters. The number of alkyl carbamates (subject to hydrolysis) is 1. The standard InChI is InChI=1S/C11H18N4O2/c1-5-6-15-8-9(13-14-15)7-12-10(16)17-11(2,3)4/h5,8H,1,6-7H2,2-4H3,(H,12,16). The molecule has 1 aromatic heterocycles. The second-order valence-corrected chi connectivity index (χ2v) is 4.58. The molecule has 0 aliphatic heterocycles. The molecule has 1 N–H and O–H groups in total. The van der Waals surface area contributed by atoms with Gasteiger partial charge >= 0.3 is 6.09 Å². The number of aromatic nitrogens is 3. The summed E-state index contributed by atoms with van der Waals surface area (Å²) in [6.07, 6.45) is 3.01. The Morgan fingerprint density at radius 1 is 1.65 bits per heavy atom. The summed E-state index contributed by atoms with van der Waals surface area (Å²) in [5.74, 6) is 0. The van der Waals surface area contributed by atoms with Gasteiger partial charge in [-0.05, 0) is 20.8 Å². The number of rotatable bonds is 4. The third-order valence-corrected chi connectivity index (χ3v) is 1.71. The van der Waals surface area contributed by atoms with Gasteiger partial charge in [-0.2, -0.15) is 0 Å². The molecule has 6 nitrogen and oxygen atoms in total. The molecule has 0 saturated carbocycles. The first-order chi connectivity index (χ1) is 7.90. The van der Waals surface area contributed by atoms with Crippen LogP contribution in [-0.2, 0) is 17.8 Å². The van der Waals surface area contributed by atoms with Gasteiger partial charge < -0.3 is 10.1 Å². The highest BCUT2D eigenvalue weighted by Gasteiger charge is 2.15. The van der Waals surface area contributed by atoms with E-state index in [4.69, 9.17) is 4.74 Å². The van der Waals surface area contributed by atoms with Crippen LogP contribution in [0.1, 0.15) is 26.5 Å². The number of allylic oxidation sites excluding steroid dienone is 1. The fourth-order valence-corrected chi connectivity index (χ4v) is 1.12. The summed E-state index contributed by atoms with van der Waals surface area (Å²) in [7, 11) is 0. The van der Waals surface area contributed by atoms with Crippen LogP contribution in [0.2, 0.25) is 0 Å². The van der Waals surface area contributed by atoms with Gasteiger partial charge in [-0.3, -0.25) is 0 Å². The Balaban J connectivity index is 2.39. The van der Waals surface area contributed by atoms with E-state index in [1.165, 1.54) is 0 Å². The molecule has 1 rings (SSSR count). The first-order valence-electron chi connectivity index (χ1n) is 5.37. The maximum absolute atomic E-state index is 11.4. The fourth-order valence-electron chi connectivity index (χ4n) is 1.12. The Hall–Kier alpha value is -1.85. The summed E-state index contributed by atoms with van der Waals surface area (Å²) in [5.41, 5.74) is 0.183. The number of nitrogens with zero attached hydrogens (tertiary/aromatic N) is 3. The van der Waals surface area contributed by atoms with Crippen LogP contribution in [0.3, 0.4) is 0 Å². The van der Waals surface area contributed by atoms with Gasteiger partial charge in [0.15, 0.2) is 0 Å². The number of nitrogens with one attached hydrogen (secondary N) is 1. The zero-order valence-electron chi connectivity index (χ0n) is 10.4. The van der Waals surface area contributed by atoms with Gasteiger partial charge in [0.25, 0.3) is 0 Å². The van der Waals surface area contributed by atoms with Crippen molar-refractivity contribution in [2.45, 2.75) is 39.5 Å². The number of hydrogen-bond donors (Lipinski definition) is 1. The van der Waals surface area contributed by atoms with Crippen LogP contribution < -0.4 is 5.32 Å². The van der Waals surface area contributed by atoms with Crippen molar-refractivity contribution in [2.24, 2.45) is 0 Å². The number of amides is 1.